The number of rotatable bonds is 10. The number of carboxylic acids is 1. The maximum absolute atomic E-state index is 12.9. The summed E-state index contributed by atoms with van der Waals surface area (Å²) in [5.41, 5.74) is 5.89. The van der Waals surface area contributed by atoms with Crippen LogP contribution < -0.4 is 11.1 Å². The molecule has 2 aliphatic heterocycles. The predicted octanol–water partition coefficient (Wildman–Crippen LogP) is 0.806. The summed E-state index contributed by atoms with van der Waals surface area (Å²) in [5, 5.41) is 24.9. The van der Waals surface area contributed by atoms with E-state index < -0.39 is 29.2 Å². The summed E-state index contributed by atoms with van der Waals surface area (Å²) in [7, 11) is 1.26. The molecule has 0 bridgehead atoms. The topological polar surface area (TPSA) is 186 Å². The van der Waals surface area contributed by atoms with Crippen LogP contribution >= 0.6 is 46.4 Å². The quantitative estimate of drug-likeness (QED) is 0.162. The van der Waals surface area contributed by atoms with E-state index in [9.17, 15) is 19.5 Å². The first-order valence-corrected chi connectivity index (χ1v) is 13.8. The van der Waals surface area contributed by atoms with Crippen LogP contribution in [0.25, 0.3) is 0 Å². The number of hydrogen-bond acceptors (Lipinski definition) is 14. The molecule has 0 aromatic carbocycles. The number of thioether (sulfide) groups is 2. The molecule has 2 amide bonds. The molecule has 17 heteroatoms. The molecule has 1 saturated heterocycles. The Labute approximate surface area is 215 Å². The first-order valence-electron chi connectivity index (χ1n) is 10.2. The summed E-state index contributed by atoms with van der Waals surface area (Å²) >= 11 is 5.13. The highest BCUT2D eigenvalue weighted by Gasteiger charge is 2.54. The highest BCUT2D eigenvalue weighted by molar-refractivity contribution is 8.01. The summed E-state index contributed by atoms with van der Waals surface area (Å²) in [5.74, 6) is -1.74. The third-order valence-corrected chi connectivity index (χ3v) is 8.95. The van der Waals surface area contributed by atoms with Crippen molar-refractivity contribution in [2.24, 2.45) is 5.16 Å². The number of aryl methyl sites for hydroxylation is 1. The average molecular weight is 557 g/mol. The third-order valence-electron chi connectivity index (χ3n) is 4.87. The Kier molecular flexibility index (Phi) is 7.88. The molecule has 2 aromatic rings. The zero-order valence-electron chi connectivity index (χ0n) is 18.5. The molecule has 4 heterocycles. The molecule has 0 aliphatic carbocycles. The summed E-state index contributed by atoms with van der Waals surface area (Å²) in [6.45, 7) is 2.06. The molecule has 13 nitrogen and oxygen atoms in total. The monoisotopic (exact) mass is 556 g/mol. The molecule has 1 unspecified atom stereocenters. The zero-order valence-corrected chi connectivity index (χ0v) is 21.7. The maximum atomic E-state index is 12.9. The third kappa shape index (κ3) is 5.26. The number of fused-ring (bicyclic) bond motifs is 1. The average Bonchev–Trinajstić information content (AvgIpc) is 3.47. The number of nitrogens with two attached hydrogens (primary N) is 1. The number of β-lactam (4-membered cyclic amide) rings is 1. The number of aromatic nitrogens is 4. The van der Waals surface area contributed by atoms with Crippen molar-refractivity contribution in [3.05, 3.63) is 22.1 Å². The van der Waals surface area contributed by atoms with Crippen LogP contribution in [0.3, 0.4) is 0 Å². The van der Waals surface area contributed by atoms with Crippen molar-refractivity contribution in [2.75, 3.05) is 24.3 Å². The number of carbonyl (C=O) groups excluding carboxylic acids is 2. The minimum absolute atomic E-state index is 0.0315. The Balaban J connectivity index is 1.46. The number of hydrogen-bond donors (Lipinski definition) is 3. The highest BCUT2D eigenvalue weighted by Crippen LogP contribution is 2.41. The molecule has 1 fully saturated rings. The second kappa shape index (κ2) is 10.9. The van der Waals surface area contributed by atoms with E-state index in [0.717, 1.165) is 33.7 Å². The van der Waals surface area contributed by atoms with Gasteiger partial charge in [-0.05, 0) is 12.0 Å². The fourth-order valence-corrected chi connectivity index (χ4v) is 7.29. The van der Waals surface area contributed by atoms with Crippen LogP contribution in [0, 0.1) is 0 Å². The first-order chi connectivity index (χ1) is 16.8. The summed E-state index contributed by atoms with van der Waals surface area (Å²) in [6, 6.07) is -0.936. The summed E-state index contributed by atoms with van der Waals surface area (Å²) < 4.78 is 4.70. The Morgan fingerprint density at radius 2 is 2.20 bits per heavy atom. The van der Waals surface area contributed by atoms with Crippen LogP contribution in [0.2, 0.25) is 0 Å². The molecule has 35 heavy (non-hydrogen) atoms. The van der Waals surface area contributed by atoms with Crippen molar-refractivity contribution >= 4 is 75.0 Å². The Morgan fingerprint density at radius 3 is 2.86 bits per heavy atom. The molecule has 186 valence electrons. The van der Waals surface area contributed by atoms with Gasteiger partial charge in [0.15, 0.2) is 9.47 Å². The van der Waals surface area contributed by atoms with Gasteiger partial charge in [-0.1, -0.05) is 35.2 Å². The van der Waals surface area contributed by atoms with Crippen molar-refractivity contribution in [2.45, 2.75) is 35.5 Å². The number of amides is 2. The molecule has 0 spiro atoms. The largest absolute Gasteiger partial charge is 0.477 e. The number of carboxylic acid groups (broad SMARTS) is 1. The lowest BCUT2D eigenvalue weighted by atomic mass is 10.0. The minimum atomic E-state index is -1.20. The van der Waals surface area contributed by atoms with Gasteiger partial charge in [-0.15, -0.1) is 22.0 Å². The molecular formula is C18H20N8O5S4. The van der Waals surface area contributed by atoms with E-state index >= 15 is 0 Å². The number of nitrogen functional groups attached to an aromatic ring is 1. The van der Waals surface area contributed by atoms with Gasteiger partial charge in [-0.3, -0.25) is 14.5 Å². The standard InChI is InChI=1S/C18H20N8O5S4/c1-3-4-8-22-23-18(34-8)33-6-7-5-32-15-10(14(28)26(15)11(7)16(29)30)20-13(27)9(24-31-2)12-21-17(19)35-25-12/h10,15H,3-6H2,1-2H3,(H,20,27)(H,29,30)(H2,19,21,25)/t10?,15-/m0/s1. The van der Waals surface area contributed by atoms with E-state index in [1.54, 1.807) is 0 Å². The lowest BCUT2D eigenvalue weighted by molar-refractivity contribution is -0.150. The van der Waals surface area contributed by atoms with Gasteiger partial charge in [0.25, 0.3) is 11.8 Å². The molecule has 0 saturated carbocycles. The predicted molar refractivity (Wildman–Crippen MR) is 132 cm³/mol. The van der Waals surface area contributed by atoms with Crippen molar-refractivity contribution in [1.29, 1.82) is 0 Å². The lowest BCUT2D eigenvalue weighted by Gasteiger charge is -2.49. The number of nitrogens with one attached hydrogen (secondary N) is 1. The molecular weight excluding hydrogens is 537 g/mol. The van der Waals surface area contributed by atoms with Crippen LogP contribution in [0.4, 0.5) is 5.13 Å². The first kappa shape index (κ1) is 25.3. The Hall–Kier alpha value is -2.76. The number of carbonyl (C=O) groups is 3. The summed E-state index contributed by atoms with van der Waals surface area (Å²) in [6.07, 6.45) is 1.81. The van der Waals surface area contributed by atoms with Crippen molar-refractivity contribution in [3.8, 4) is 0 Å². The van der Waals surface area contributed by atoms with E-state index in [1.807, 2.05) is 0 Å². The van der Waals surface area contributed by atoms with E-state index in [4.69, 9.17) is 10.6 Å². The fraction of sp³-hybridized carbons (Fsp3) is 0.444. The molecule has 2 aromatic heterocycles. The number of aliphatic carboxylic acids is 1. The van der Waals surface area contributed by atoms with Crippen LogP contribution in [0.1, 0.15) is 24.2 Å². The molecule has 2 aliphatic rings. The van der Waals surface area contributed by atoms with Gasteiger partial charge in [-0.25, -0.2) is 4.79 Å². The second-order valence-electron chi connectivity index (χ2n) is 7.20. The smallest absolute Gasteiger partial charge is 0.352 e. The Morgan fingerprint density at radius 1 is 1.40 bits per heavy atom. The van der Waals surface area contributed by atoms with Crippen LogP contribution in [-0.2, 0) is 25.6 Å². The molecule has 4 N–H and O–H groups in total. The van der Waals surface area contributed by atoms with Crippen molar-refractivity contribution in [3.63, 3.8) is 0 Å². The summed E-state index contributed by atoms with van der Waals surface area (Å²) in [4.78, 5) is 47.6. The SMILES string of the molecule is CCCc1nnc(SCC2=C(C(=O)O)N3C(=O)C(NC(=O)C(=NOC)c4nsc(N)n4)[C@@H]3SC2)s1. The van der Waals surface area contributed by atoms with Crippen LogP contribution in [-0.4, -0.2) is 83.1 Å². The molecule has 2 atom stereocenters. The van der Waals surface area contributed by atoms with Gasteiger partial charge in [-0.2, -0.15) is 9.36 Å². The van der Waals surface area contributed by atoms with Crippen LogP contribution in [0.5, 0.6) is 0 Å². The van der Waals surface area contributed by atoms with E-state index in [1.165, 1.54) is 46.9 Å². The van der Waals surface area contributed by atoms with Crippen molar-refractivity contribution < 1.29 is 24.3 Å². The fourth-order valence-electron chi connectivity index (χ4n) is 3.37. The number of oxime groups is 1. The maximum Gasteiger partial charge on any atom is 0.352 e. The van der Waals surface area contributed by atoms with E-state index in [0.29, 0.717) is 17.1 Å². The van der Waals surface area contributed by atoms with Gasteiger partial charge < -0.3 is 21.0 Å². The highest BCUT2D eigenvalue weighted by atomic mass is 32.2. The van der Waals surface area contributed by atoms with Gasteiger partial charge >= 0.3 is 5.97 Å². The van der Waals surface area contributed by atoms with E-state index in [2.05, 4.69) is 37.0 Å². The minimum Gasteiger partial charge on any atom is -0.477 e. The van der Waals surface area contributed by atoms with Gasteiger partial charge in [0.1, 0.15) is 29.2 Å². The Bertz CT molecular complexity index is 1210. The van der Waals surface area contributed by atoms with Gasteiger partial charge in [0.2, 0.25) is 11.5 Å². The zero-order chi connectivity index (χ0) is 25.1. The molecule has 4 rings (SSSR count). The molecule has 0 radical (unpaired) electrons. The normalized spacial score (nSPS) is 19.9. The number of nitrogens with zero attached hydrogens (tertiary/aromatic N) is 6. The van der Waals surface area contributed by atoms with Crippen LogP contribution in [0.15, 0.2) is 20.8 Å². The van der Waals surface area contributed by atoms with E-state index in [-0.39, 0.29) is 22.4 Å². The van der Waals surface area contributed by atoms with Gasteiger partial charge in [0.05, 0.1) is 0 Å². The number of anilines is 1. The lowest BCUT2D eigenvalue weighted by Crippen LogP contribution is -2.71. The second-order valence-corrected chi connectivity index (χ2v) is 11.4. The van der Waals surface area contributed by atoms with Crippen molar-refractivity contribution in [1.82, 2.24) is 29.8 Å². The van der Waals surface area contributed by atoms with Gasteiger partial charge in [0, 0.05) is 29.5 Å².